The molecule has 1 heterocycles. The standard InChI is InChI=1S/C22H27ClFN3O2S/c1-3-30(29)21-7-6-18(23)10-17(21)12-26-22(28)15-4-5-16(20(24)11-15)13-27-9-8-19(14-27)25-2/h4-7,10-11,19,25H,3,8-9,12-14H2,1-2H3,(H,26,28)/t19-,30?/m1/s1. The molecule has 2 N–H and O–H groups in total. The molecule has 5 nitrogen and oxygen atoms in total. The lowest BCUT2D eigenvalue weighted by Gasteiger charge is -2.17. The molecule has 1 unspecified atom stereocenters. The van der Waals surface area contributed by atoms with E-state index in [4.69, 9.17) is 11.6 Å². The number of nitrogens with zero attached hydrogens (tertiary/aromatic N) is 1. The van der Waals surface area contributed by atoms with Crippen LogP contribution in [0.1, 0.15) is 34.8 Å². The number of carbonyl (C=O) groups is 1. The fourth-order valence-corrected chi connectivity index (χ4v) is 4.76. The Morgan fingerprint density at radius 3 is 2.77 bits per heavy atom. The highest BCUT2D eigenvalue weighted by molar-refractivity contribution is 7.91. The SMILES string of the molecule is CC[S+]([O-])c1ccc(Cl)cc1CNC(=O)c1ccc(CN2CC[C@@H](NC)C2)c(F)c1. The molecule has 1 amide bonds. The molecule has 2 aromatic rings. The second-order valence-electron chi connectivity index (χ2n) is 7.38. The topological polar surface area (TPSA) is 67.4 Å². The van der Waals surface area contributed by atoms with Gasteiger partial charge >= 0.3 is 0 Å². The van der Waals surface area contributed by atoms with Crippen LogP contribution in [0.4, 0.5) is 4.39 Å². The highest BCUT2D eigenvalue weighted by Crippen LogP contribution is 2.22. The third-order valence-corrected chi connectivity index (χ3v) is 7.01. The number of likely N-dealkylation sites (N-methyl/N-ethyl adjacent to an activating group) is 1. The quantitative estimate of drug-likeness (QED) is 0.604. The molecule has 8 heteroatoms. The van der Waals surface area contributed by atoms with Crippen LogP contribution in [0.5, 0.6) is 0 Å². The average Bonchev–Trinajstić information content (AvgIpc) is 3.20. The first-order valence-electron chi connectivity index (χ1n) is 10.0. The number of rotatable bonds is 8. The summed E-state index contributed by atoms with van der Waals surface area (Å²) in [6, 6.07) is 10.1. The maximum Gasteiger partial charge on any atom is 0.251 e. The molecule has 1 aliphatic heterocycles. The smallest absolute Gasteiger partial charge is 0.251 e. The lowest BCUT2D eigenvalue weighted by Crippen LogP contribution is -2.29. The van der Waals surface area contributed by atoms with Crippen molar-refractivity contribution in [1.82, 2.24) is 15.5 Å². The molecule has 3 rings (SSSR count). The molecule has 0 radical (unpaired) electrons. The fourth-order valence-electron chi connectivity index (χ4n) is 3.61. The van der Waals surface area contributed by atoms with Crippen LogP contribution in [0, 0.1) is 5.82 Å². The molecule has 0 aliphatic carbocycles. The van der Waals surface area contributed by atoms with Crippen LogP contribution in [0.2, 0.25) is 5.02 Å². The summed E-state index contributed by atoms with van der Waals surface area (Å²) in [6.45, 7) is 4.34. The van der Waals surface area contributed by atoms with E-state index in [0.29, 0.717) is 39.4 Å². The van der Waals surface area contributed by atoms with Crippen molar-refractivity contribution < 1.29 is 13.7 Å². The van der Waals surface area contributed by atoms with Gasteiger partial charge in [-0.2, -0.15) is 0 Å². The van der Waals surface area contributed by atoms with Gasteiger partial charge in [-0.05, 0) is 61.9 Å². The predicted octanol–water partition coefficient (Wildman–Crippen LogP) is 3.33. The first kappa shape index (κ1) is 23.0. The zero-order valence-corrected chi connectivity index (χ0v) is 18.8. The minimum Gasteiger partial charge on any atom is -0.611 e. The summed E-state index contributed by atoms with van der Waals surface area (Å²) in [4.78, 5) is 15.4. The third kappa shape index (κ3) is 5.74. The van der Waals surface area contributed by atoms with Crippen molar-refractivity contribution in [3.05, 3.63) is 63.9 Å². The Bertz CT molecular complexity index is 899. The van der Waals surface area contributed by atoms with Gasteiger partial charge in [0, 0.05) is 53.9 Å². The maximum atomic E-state index is 14.6. The van der Waals surface area contributed by atoms with Gasteiger partial charge in [-0.1, -0.05) is 17.7 Å². The Hall–Kier alpha value is -1.64. The molecule has 1 aliphatic rings. The average molecular weight is 452 g/mol. The number of amides is 1. The number of halogens is 2. The Morgan fingerprint density at radius 1 is 1.30 bits per heavy atom. The van der Waals surface area contributed by atoms with E-state index < -0.39 is 11.2 Å². The van der Waals surface area contributed by atoms with Gasteiger partial charge in [-0.3, -0.25) is 9.69 Å². The van der Waals surface area contributed by atoms with E-state index in [9.17, 15) is 13.7 Å². The largest absolute Gasteiger partial charge is 0.611 e. The van der Waals surface area contributed by atoms with Crippen LogP contribution >= 0.6 is 11.6 Å². The lowest BCUT2D eigenvalue weighted by atomic mass is 10.1. The fraction of sp³-hybridized carbons (Fsp3) is 0.409. The molecule has 0 saturated carbocycles. The van der Waals surface area contributed by atoms with Crippen LogP contribution < -0.4 is 10.6 Å². The van der Waals surface area contributed by atoms with Crippen molar-refractivity contribution >= 4 is 28.7 Å². The molecule has 162 valence electrons. The molecule has 0 spiro atoms. The van der Waals surface area contributed by atoms with Crippen LogP contribution in [0.25, 0.3) is 0 Å². The van der Waals surface area contributed by atoms with Crippen molar-refractivity contribution in [3.63, 3.8) is 0 Å². The molecular weight excluding hydrogens is 425 g/mol. The van der Waals surface area contributed by atoms with Crippen molar-refractivity contribution in [3.8, 4) is 0 Å². The molecule has 1 saturated heterocycles. The van der Waals surface area contributed by atoms with Crippen LogP contribution in [-0.4, -0.2) is 47.3 Å². The summed E-state index contributed by atoms with van der Waals surface area (Å²) < 4.78 is 26.8. The predicted molar refractivity (Wildman–Crippen MR) is 119 cm³/mol. The van der Waals surface area contributed by atoms with Gasteiger partial charge in [-0.15, -0.1) is 0 Å². The van der Waals surface area contributed by atoms with Crippen molar-refractivity contribution in [2.75, 3.05) is 25.9 Å². The monoisotopic (exact) mass is 451 g/mol. The summed E-state index contributed by atoms with van der Waals surface area (Å²) in [5, 5.41) is 6.53. The van der Waals surface area contributed by atoms with E-state index in [1.807, 2.05) is 14.0 Å². The summed E-state index contributed by atoms with van der Waals surface area (Å²) in [5.74, 6) is -0.294. The van der Waals surface area contributed by atoms with Crippen LogP contribution in [0.15, 0.2) is 41.3 Å². The molecule has 0 bridgehead atoms. The van der Waals surface area contributed by atoms with Crippen molar-refractivity contribution in [2.24, 2.45) is 0 Å². The third-order valence-electron chi connectivity index (χ3n) is 5.36. The van der Waals surface area contributed by atoms with E-state index in [-0.39, 0.29) is 23.8 Å². The van der Waals surface area contributed by atoms with Gasteiger partial charge in [0.15, 0.2) is 4.90 Å². The molecular formula is C22H27ClFN3O2S. The second kappa shape index (κ2) is 10.6. The zero-order chi connectivity index (χ0) is 21.7. The Balaban J connectivity index is 1.64. The minimum absolute atomic E-state index is 0.170. The minimum atomic E-state index is -1.16. The van der Waals surface area contributed by atoms with Crippen LogP contribution in [-0.2, 0) is 24.3 Å². The van der Waals surface area contributed by atoms with Gasteiger partial charge < -0.3 is 15.2 Å². The van der Waals surface area contributed by atoms with E-state index in [2.05, 4.69) is 15.5 Å². The van der Waals surface area contributed by atoms with Crippen LogP contribution in [0.3, 0.4) is 0 Å². The number of hydrogen-bond donors (Lipinski definition) is 2. The van der Waals surface area contributed by atoms with Crippen molar-refractivity contribution in [1.29, 1.82) is 0 Å². The molecule has 0 aromatic heterocycles. The van der Waals surface area contributed by atoms with Gasteiger partial charge in [-0.25, -0.2) is 4.39 Å². The summed E-state index contributed by atoms with van der Waals surface area (Å²) in [6.07, 6.45) is 1.05. The van der Waals surface area contributed by atoms with E-state index in [0.717, 1.165) is 19.5 Å². The zero-order valence-electron chi connectivity index (χ0n) is 17.2. The number of nitrogens with one attached hydrogen (secondary N) is 2. The van der Waals surface area contributed by atoms with Gasteiger partial charge in [0.25, 0.3) is 5.91 Å². The number of carbonyl (C=O) groups excluding carboxylic acids is 1. The highest BCUT2D eigenvalue weighted by Gasteiger charge is 2.22. The van der Waals surface area contributed by atoms with Crippen molar-refractivity contribution in [2.45, 2.75) is 37.4 Å². The summed E-state index contributed by atoms with van der Waals surface area (Å²) in [5.41, 5.74) is 1.53. The number of likely N-dealkylation sites (tertiary alicyclic amines) is 1. The highest BCUT2D eigenvalue weighted by atomic mass is 35.5. The van der Waals surface area contributed by atoms with E-state index in [1.54, 1.807) is 30.3 Å². The van der Waals surface area contributed by atoms with Gasteiger partial charge in [0.2, 0.25) is 0 Å². The maximum absolute atomic E-state index is 14.6. The molecule has 30 heavy (non-hydrogen) atoms. The summed E-state index contributed by atoms with van der Waals surface area (Å²) in [7, 11) is 1.94. The molecule has 1 fully saturated rings. The molecule has 2 atom stereocenters. The normalized spacial score (nSPS) is 17.8. The Kier molecular flexibility index (Phi) is 8.13. The van der Waals surface area contributed by atoms with E-state index >= 15 is 0 Å². The Labute approximate surface area is 185 Å². The first-order valence-corrected chi connectivity index (χ1v) is 11.7. The lowest BCUT2D eigenvalue weighted by molar-refractivity contribution is 0.0950. The van der Waals surface area contributed by atoms with E-state index in [1.165, 1.54) is 6.07 Å². The van der Waals surface area contributed by atoms with Gasteiger partial charge in [0.05, 0.1) is 0 Å². The first-order chi connectivity index (χ1) is 14.4. The molecule has 2 aromatic carbocycles. The number of benzene rings is 2. The second-order valence-corrected chi connectivity index (χ2v) is 9.53. The number of hydrogen-bond acceptors (Lipinski definition) is 4. The summed E-state index contributed by atoms with van der Waals surface area (Å²) >= 11 is 4.89. The Morgan fingerprint density at radius 2 is 2.10 bits per heavy atom. The van der Waals surface area contributed by atoms with Gasteiger partial charge in [0.1, 0.15) is 11.6 Å².